The number of aryl methyl sites for hydroxylation is 1. The van der Waals surface area contributed by atoms with Gasteiger partial charge < -0.3 is 20.1 Å². The average Bonchev–Trinajstić information content (AvgIpc) is 2.75. The number of hydrogen-bond donors (Lipinski definition) is 3. The van der Waals surface area contributed by atoms with Crippen LogP contribution in [0.2, 0.25) is 10.0 Å². The van der Waals surface area contributed by atoms with Crippen molar-refractivity contribution in [3.8, 4) is 11.5 Å². The first-order valence-corrected chi connectivity index (χ1v) is 10.2. The summed E-state index contributed by atoms with van der Waals surface area (Å²) < 4.78 is 10.8. The Bertz CT molecular complexity index is 1040. The number of carbonyl (C=O) groups is 3. The van der Waals surface area contributed by atoms with Crippen molar-refractivity contribution in [1.82, 2.24) is 10.7 Å². The van der Waals surface area contributed by atoms with E-state index in [-0.39, 0.29) is 23.1 Å². The second-order valence-electron chi connectivity index (χ2n) is 6.39. The first kappa shape index (κ1) is 25.0. The standard InChI is InChI=1S/C21H22Cl2N4O5/c1-4-24-20(29)21(30)27-25-10-13-7-15(23)19(17(8-13)31-3)32-11-18(28)26-16-9-14(22)6-5-12(16)2/h5-10H,4,11H2,1-3H3,(H,24,29)(H,26,28)(H,27,30)/b25-10-. The van der Waals surface area contributed by atoms with Crippen molar-refractivity contribution in [2.75, 3.05) is 25.6 Å². The predicted molar refractivity (Wildman–Crippen MR) is 123 cm³/mol. The SMILES string of the molecule is CCNC(=O)C(=O)N/N=C\c1cc(Cl)c(OCC(=O)Nc2cc(Cl)ccc2C)c(OC)c1. The monoisotopic (exact) mass is 480 g/mol. The number of carbonyl (C=O) groups excluding carboxylic acids is 3. The number of nitrogens with one attached hydrogen (secondary N) is 3. The van der Waals surface area contributed by atoms with Crippen molar-refractivity contribution < 1.29 is 23.9 Å². The number of anilines is 1. The van der Waals surface area contributed by atoms with Crippen molar-refractivity contribution in [2.24, 2.45) is 5.10 Å². The third kappa shape index (κ3) is 7.14. The van der Waals surface area contributed by atoms with E-state index in [0.717, 1.165) is 5.56 Å². The van der Waals surface area contributed by atoms with Crippen LogP contribution in [0, 0.1) is 6.92 Å². The topological polar surface area (TPSA) is 118 Å². The van der Waals surface area contributed by atoms with Crippen molar-refractivity contribution in [2.45, 2.75) is 13.8 Å². The fraction of sp³-hybridized carbons (Fsp3) is 0.238. The fourth-order valence-electron chi connectivity index (χ4n) is 2.46. The highest BCUT2D eigenvalue weighted by Crippen LogP contribution is 2.36. The lowest BCUT2D eigenvalue weighted by atomic mass is 10.2. The van der Waals surface area contributed by atoms with E-state index < -0.39 is 17.7 Å². The van der Waals surface area contributed by atoms with Crippen molar-refractivity contribution >= 4 is 52.8 Å². The van der Waals surface area contributed by atoms with Crippen LogP contribution in [0.1, 0.15) is 18.1 Å². The number of ether oxygens (including phenoxy) is 2. The molecular weight excluding hydrogens is 459 g/mol. The quantitative estimate of drug-likeness (QED) is 0.305. The van der Waals surface area contributed by atoms with E-state index >= 15 is 0 Å². The van der Waals surface area contributed by atoms with Gasteiger partial charge in [0.15, 0.2) is 18.1 Å². The molecule has 170 valence electrons. The summed E-state index contributed by atoms with van der Waals surface area (Å²) in [6, 6.07) is 8.20. The molecule has 0 spiro atoms. The highest BCUT2D eigenvalue weighted by molar-refractivity contribution is 6.35. The Hall–Kier alpha value is -3.30. The maximum Gasteiger partial charge on any atom is 0.329 e. The molecule has 0 aliphatic carbocycles. The number of methoxy groups -OCH3 is 1. The minimum atomic E-state index is -0.901. The van der Waals surface area contributed by atoms with Gasteiger partial charge in [-0.1, -0.05) is 29.3 Å². The molecule has 0 aliphatic rings. The van der Waals surface area contributed by atoms with Gasteiger partial charge in [0.2, 0.25) is 0 Å². The molecule has 32 heavy (non-hydrogen) atoms. The highest BCUT2D eigenvalue weighted by atomic mass is 35.5. The van der Waals surface area contributed by atoms with Crippen LogP contribution in [0.3, 0.4) is 0 Å². The van der Waals surface area contributed by atoms with Crippen LogP contribution in [-0.4, -0.2) is 44.2 Å². The van der Waals surface area contributed by atoms with Crippen LogP contribution in [0.4, 0.5) is 5.69 Å². The molecule has 0 saturated carbocycles. The van der Waals surface area contributed by atoms with Crippen molar-refractivity contribution in [1.29, 1.82) is 0 Å². The zero-order valence-electron chi connectivity index (χ0n) is 17.6. The Balaban J connectivity index is 2.04. The fourth-order valence-corrected chi connectivity index (χ4v) is 2.91. The van der Waals surface area contributed by atoms with Gasteiger partial charge in [-0.15, -0.1) is 0 Å². The molecule has 11 heteroatoms. The van der Waals surface area contributed by atoms with Gasteiger partial charge in [-0.25, -0.2) is 5.43 Å². The molecule has 2 aromatic carbocycles. The molecule has 3 amide bonds. The third-order valence-corrected chi connectivity index (χ3v) is 4.51. The highest BCUT2D eigenvalue weighted by Gasteiger charge is 2.15. The molecule has 3 N–H and O–H groups in total. The number of nitrogens with zero attached hydrogens (tertiary/aromatic N) is 1. The molecule has 0 saturated heterocycles. The summed E-state index contributed by atoms with van der Waals surface area (Å²) in [5.41, 5.74) is 3.99. The molecule has 0 heterocycles. The summed E-state index contributed by atoms with van der Waals surface area (Å²) in [6.45, 7) is 3.53. The first-order chi connectivity index (χ1) is 15.2. The van der Waals surface area contributed by atoms with Crippen molar-refractivity contribution in [3.63, 3.8) is 0 Å². The molecule has 0 unspecified atom stereocenters. The van der Waals surface area contributed by atoms with E-state index in [4.69, 9.17) is 32.7 Å². The molecule has 0 atom stereocenters. The van der Waals surface area contributed by atoms with Crippen LogP contribution in [-0.2, 0) is 14.4 Å². The molecule has 0 fully saturated rings. The van der Waals surface area contributed by atoms with Crippen LogP contribution in [0.15, 0.2) is 35.4 Å². The number of likely N-dealkylation sites (N-methyl/N-ethyl adjacent to an activating group) is 1. The van der Waals surface area contributed by atoms with Gasteiger partial charge in [0, 0.05) is 17.3 Å². The van der Waals surface area contributed by atoms with Crippen LogP contribution in [0.25, 0.3) is 0 Å². The van der Waals surface area contributed by atoms with E-state index in [1.165, 1.54) is 19.4 Å². The lowest BCUT2D eigenvalue weighted by Gasteiger charge is -2.14. The summed E-state index contributed by atoms with van der Waals surface area (Å²) in [7, 11) is 1.41. The summed E-state index contributed by atoms with van der Waals surface area (Å²) in [6.07, 6.45) is 1.28. The zero-order valence-corrected chi connectivity index (χ0v) is 19.1. The number of rotatable bonds is 8. The normalized spacial score (nSPS) is 10.5. The van der Waals surface area contributed by atoms with Crippen LogP contribution in [0.5, 0.6) is 11.5 Å². The van der Waals surface area contributed by atoms with Gasteiger partial charge in [-0.05, 0) is 49.2 Å². The Labute approximate surface area is 195 Å². The molecule has 0 aliphatic heterocycles. The number of benzene rings is 2. The largest absolute Gasteiger partial charge is 0.493 e. The maximum atomic E-state index is 12.3. The lowest BCUT2D eigenvalue weighted by molar-refractivity contribution is -0.139. The van der Waals surface area contributed by atoms with E-state index in [0.29, 0.717) is 22.8 Å². The summed E-state index contributed by atoms with van der Waals surface area (Å²) in [5.74, 6) is -1.69. The second kappa shape index (κ2) is 11.9. The van der Waals surface area contributed by atoms with Gasteiger partial charge in [-0.3, -0.25) is 14.4 Å². The maximum absolute atomic E-state index is 12.3. The zero-order chi connectivity index (χ0) is 23.7. The van der Waals surface area contributed by atoms with Crippen LogP contribution < -0.4 is 25.5 Å². The average molecular weight is 481 g/mol. The molecule has 2 rings (SSSR count). The second-order valence-corrected chi connectivity index (χ2v) is 7.23. The van der Waals surface area contributed by atoms with Crippen LogP contribution >= 0.6 is 23.2 Å². The Kier molecular flexibility index (Phi) is 9.30. The molecular formula is C21H22Cl2N4O5. The van der Waals surface area contributed by atoms with E-state index in [2.05, 4.69) is 21.2 Å². The molecule has 0 aromatic heterocycles. The van der Waals surface area contributed by atoms with Crippen molar-refractivity contribution in [3.05, 3.63) is 51.5 Å². The minimum absolute atomic E-state index is 0.160. The Morgan fingerprint density at radius 2 is 1.88 bits per heavy atom. The summed E-state index contributed by atoms with van der Waals surface area (Å²) in [4.78, 5) is 35.2. The molecule has 0 bridgehead atoms. The van der Waals surface area contributed by atoms with E-state index in [1.807, 2.05) is 6.92 Å². The number of hydrogen-bond acceptors (Lipinski definition) is 6. The van der Waals surface area contributed by atoms with Gasteiger partial charge in [0.05, 0.1) is 18.3 Å². The van der Waals surface area contributed by atoms with Gasteiger partial charge in [0.25, 0.3) is 5.91 Å². The molecule has 9 nitrogen and oxygen atoms in total. The summed E-state index contributed by atoms with van der Waals surface area (Å²) in [5, 5.41) is 9.44. The number of halogens is 2. The Morgan fingerprint density at radius 1 is 1.12 bits per heavy atom. The first-order valence-electron chi connectivity index (χ1n) is 9.42. The third-order valence-electron chi connectivity index (χ3n) is 4.00. The van der Waals surface area contributed by atoms with E-state index in [1.54, 1.807) is 31.2 Å². The van der Waals surface area contributed by atoms with Gasteiger partial charge >= 0.3 is 11.8 Å². The lowest BCUT2D eigenvalue weighted by Crippen LogP contribution is -2.37. The van der Waals surface area contributed by atoms with Gasteiger partial charge in [-0.2, -0.15) is 5.10 Å². The smallest absolute Gasteiger partial charge is 0.329 e. The summed E-state index contributed by atoms with van der Waals surface area (Å²) >= 11 is 12.2. The van der Waals surface area contributed by atoms with E-state index in [9.17, 15) is 14.4 Å². The van der Waals surface area contributed by atoms with Gasteiger partial charge in [0.1, 0.15) is 0 Å². The Morgan fingerprint density at radius 3 is 2.56 bits per heavy atom. The predicted octanol–water partition coefficient (Wildman–Crippen LogP) is 2.91. The molecule has 2 aromatic rings. The number of amides is 3. The minimum Gasteiger partial charge on any atom is -0.493 e. The molecule has 0 radical (unpaired) electrons. The number of hydrazone groups is 1.